The van der Waals surface area contributed by atoms with Crippen molar-refractivity contribution in [2.24, 2.45) is 0 Å². The maximum Gasteiger partial charge on any atom is 0.338 e. The monoisotopic (exact) mass is 310 g/mol. The lowest BCUT2D eigenvalue weighted by Crippen LogP contribution is -2.14. The smallest absolute Gasteiger partial charge is 0.338 e. The van der Waals surface area contributed by atoms with Crippen molar-refractivity contribution in [2.75, 3.05) is 11.9 Å². The molecule has 1 atom stereocenters. The second-order valence-electron chi connectivity index (χ2n) is 5.25. The standard InChI is InChI=1S/C17H14N2O4/c1-10-13-8-12(2-3-14(13)19-16(10)21)15(20)9-23-17(22)11-4-6-18-7-5-11/h2-8,10H,9H2,1H3,(H,19,21)/t10-/m0/s1. The predicted octanol–water partition coefficient (Wildman–Crippen LogP) is 2.18. The van der Waals surface area contributed by atoms with Crippen LogP contribution in [0.4, 0.5) is 5.69 Å². The molecule has 1 amide bonds. The van der Waals surface area contributed by atoms with E-state index in [-0.39, 0.29) is 24.2 Å². The van der Waals surface area contributed by atoms with Crippen molar-refractivity contribution in [1.29, 1.82) is 0 Å². The van der Waals surface area contributed by atoms with Crippen molar-refractivity contribution < 1.29 is 19.1 Å². The molecule has 0 aliphatic carbocycles. The van der Waals surface area contributed by atoms with Gasteiger partial charge in [-0.15, -0.1) is 0 Å². The van der Waals surface area contributed by atoms with E-state index in [9.17, 15) is 14.4 Å². The Balaban J connectivity index is 1.68. The van der Waals surface area contributed by atoms with Gasteiger partial charge in [-0.1, -0.05) is 0 Å². The molecule has 0 saturated heterocycles. The first kappa shape index (κ1) is 14.9. The number of hydrogen-bond acceptors (Lipinski definition) is 5. The van der Waals surface area contributed by atoms with E-state index in [0.29, 0.717) is 16.8 Å². The van der Waals surface area contributed by atoms with Gasteiger partial charge in [0.05, 0.1) is 11.5 Å². The highest BCUT2D eigenvalue weighted by Gasteiger charge is 2.27. The van der Waals surface area contributed by atoms with Crippen LogP contribution < -0.4 is 5.32 Å². The molecule has 2 heterocycles. The third kappa shape index (κ3) is 2.96. The highest BCUT2D eigenvalue weighted by molar-refractivity contribution is 6.05. The van der Waals surface area contributed by atoms with Gasteiger partial charge in [0, 0.05) is 23.6 Å². The SMILES string of the molecule is C[C@@H]1C(=O)Nc2ccc(C(=O)COC(=O)c3ccncc3)cc21. The molecule has 23 heavy (non-hydrogen) atoms. The Labute approximate surface area is 132 Å². The second kappa shape index (κ2) is 6.00. The summed E-state index contributed by atoms with van der Waals surface area (Å²) in [5.41, 5.74) is 2.24. The molecule has 2 aromatic rings. The number of Topliss-reactive ketones (excluding diaryl/α,β-unsaturated/α-hetero) is 1. The molecule has 0 saturated carbocycles. The largest absolute Gasteiger partial charge is 0.454 e. The number of aromatic nitrogens is 1. The molecule has 0 spiro atoms. The lowest BCUT2D eigenvalue weighted by Gasteiger charge is -2.07. The number of hydrogen-bond donors (Lipinski definition) is 1. The van der Waals surface area contributed by atoms with Crippen LogP contribution in [0.15, 0.2) is 42.7 Å². The number of anilines is 1. The Hall–Kier alpha value is -3.02. The van der Waals surface area contributed by atoms with Crippen LogP contribution in [0.2, 0.25) is 0 Å². The highest BCUT2D eigenvalue weighted by Crippen LogP contribution is 2.32. The van der Waals surface area contributed by atoms with Gasteiger partial charge >= 0.3 is 5.97 Å². The van der Waals surface area contributed by atoms with E-state index < -0.39 is 5.97 Å². The minimum absolute atomic E-state index is 0.0892. The average molecular weight is 310 g/mol. The molecule has 6 nitrogen and oxygen atoms in total. The minimum atomic E-state index is -0.577. The first-order chi connectivity index (χ1) is 11.1. The van der Waals surface area contributed by atoms with Crippen molar-refractivity contribution in [3.63, 3.8) is 0 Å². The van der Waals surface area contributed by atoms with E-state index in [1.807, 2.05) is 0 Å². The van der Waals surface area contributed by atoms with Gasteiger partial charge in [0.2, 0.25) is 5.91 Å². The number of carbonyl (C=O) groups excluding carboxylic acids is 3. The molecule has 116 valence electrons. The van der Waals surface area contributed by atoms with Crippen molar-refractivity contribution in [3.8, 4) is 0 Å². The van der Waals surface area contributed by atoms with E-state index in [1.165, 1.54) is 24.5 Å². The molecule has 0 unspecified atom stereocenters. The van der Waals surface area contributed by atoms with Gasteiger partial charge in [-0.25, -0.2) is 4.79 Å². The summed E-state index contributed by atoms with van der Waals surface area (Å²) in [6.45, 7) is 1.43. The third-order valence-corrected chi connectivity index (χ3v) is 3.74. The number of nitrogens with zero attached hydrogens (tertiary/aromatic N) is 1. The predicted molar refractivity (Wildman–Crippen MR) is 82.3 cm³/mol. The molecule has 1 aromatic heterocycles. The summed E-state index contributed by atoms with van der Waals surface area (Å²) in [6.07, 6.45) is 2.95. The Morgan fingerprint density at radius 3 is 2.65 bits per heavy atom. The summed E-state index contributed by atoms with van der Waals surface area (Å²) in [6, 6.07) is 8.00. The minimum Gasteiger partial charge on any atom is -0.454 e. The number of ketones is 1. The Kier molecular flexibility index (Phi) is 3.89. The number of pyridine rings is 1. The van der Waals surface area contributed by atoms with Gasteiger partial charge in [-0.05, 0) is 42.8 Å². The van der Waals surface area contributed by atoms with Crippen LogP contribution in [-0.4, -0.2) is 29.3 Å². The van der Waals surface area contributed by atoms with Crippen molar-refractivity contribution in [1.82, 2.24) is 4.98 Å². The number of rotatable bonds is 4. The maximum atomic E-state index is 12.2. The fourth-order valence-electron chi connectivity index (χ4n) is 2.38. The van der Waals surface area contributed by atoms with Crippen molar-refractivity contribution >= 4 is 23.3 Å². The molecule has 1 N–H and O–H groups in total. The fourth-order valence-corrected chi connectivity index (χ4v) is 2.38. The molecule has 1 aliphatic rings. The van der Waals surface area contributed by atoms with Gasteiger partial charge < -0.3 is 10.1 Å². The van der Waals surface area contributed by atoms with Crippen molar-refractivity contribution in [2.45, 2.75) is 12.8 Å². The first-order valence-electron chi connectivity index (χ1n) is 7.11. The number of carbonyl (C=O) groups is 3. The summed E-state index contributed by atoms with van der Waals surface area (Å²) in [7, 11) is 0. The van der Waals surface area contributed by atoms with Gasteiger partial charge in [-0.3, -0.25) is 14.6 Å². The average Bonchev–Trinajstić information content (AvgIpc) is 2.87. The van der Waals surface area contributed by atoms with Crippen molar-refractivity contribution in [3.05, 3.63) is 59.4 Å². The second-order valence-corrected chi connectivity index (χ2v) is 5.25. The zero-order valence-corrected chi connectivity index (χ0v) is 12.4. The van der Waals surface area contributed by atoms with Crippen LogP contribution in [0.5, 0.6) is 0 Å². The lowest BCUT2D eigenvalue weighted by molar-refractivity contribution is -0.116. The zero-order valence-electron chi connectivity index (χ0n) is 12.4. The Morgan fingerprint density at radius 1 is 1.17 bits per heavy atom. The van der Waals surface area contributed by atoms with Crippen LogP contribution in [0.3, 0.4) is 0 Å². The number of esters is 1. The van der Waals surface area contributed by atoms with E-state index >= 15 is 0 Å². The topological polar surface area (TPSA) is 85.4 Å². The number of ether oxygens (including phenoxy) is 1. The molecule has 6 heteroatoms. The molecular formula is C17H14N2O4. The maximum absolute atomic E-state index is 12.2. The summed E-state index contributed by atoms with van der Waals surface area (Å²) < 4.78 is 5.01. The molecule has 1 aliphatic heterocycles. The summed E-state index contributed by atoms with van der Waals surface area (Å²) >= 11 is 0. The third-order valence-electron chi connectivity index (χ3n) is 3.74. The lowest BCUT2D eigenvalue weighted by atomic mass is 9.99. The van der Waals surface area contributed by atoms with Gasteiger partial charge in [0.15, 0.2) is 12.4 Å². The van der Waals surface area contributed by atoms with Crippen LogP contribution in [0, 0.1) is 0 Å². The normalized spacial score (nSPS) is 15.7. The Bertz CT molecular complexity index is 786. The van der Waals surface area contributed by atoms with Crippen LogP contribution in [-0.2, 0) is 9.53 Å². The molecule has 1 aromatic carbocycles. The molecule has 0 bridgehead atoms. The fraction of sp³-hybridized carbons (Fsp3) is 0.176. The number of amides is 1. The van der Waals surface area contributed by atoms with Crippen LogP contribution in [0.25, 0.3) is 0 Å². The van der Waals surface area contributed by atoms with E-state index in [2.05, 4.69) is 10.3 Å². The van der Waals surface area contributed by atoms with Gasteiger partial charge in [0.25, 0.3) is 0 Å². The van der Waals surface area contributed by atoms with Gasteiger partial charge in [0.1, 0.15) is 0 Å². The molecular weight excluding hydrogens is 296 g/mol. The quantitative estimate of drug-likeness (QED) is 0.691. The summed E-state index contributed by atoms with van der Waals surface area (Å²) in [5.74, 6) is -1.28. The van der Waals surface area contributed by atoms with E-state index in [4.69, 9.17) is 4.74 Å². The zero-order chi connectivity index (χ0) is 16.4. The number of fused-ring (bicyclic) bond motifs is 1. The highest BCUT2D eigenvalue weighted by atomic mass is 16.5. The summed E-state index contributed by atoms with van der Waals surface area (Å²) in [4.78, 5) is 39.4. The van der Waals surface area contributed by atoms with E-state index in [0.717, 1.165) is 5.56 Å². The van der Waals surface area contributed by atoms with Crippen LogP contribution >= 0.6 is 0 Å². The number of benzene rings is 1. The van der Waals surface area contributed by atoms with Gasteiger partial charge in [-0.2, -0.15) is 0 Å². The molecule has 0 fully saturated rings. The number of nitrogens with one attached hydrogen (secondary N) is 1. The van der Waals surface area contributed by atoms with Crippen LogP contribution in [0.1, 0.15) is 39.1 Å². The Morgan fingerprint density at radius 2 is 1.91 bits per heavy atom. The molecule has 0 radical (unpaired) electrons. The summed E-state index contributed by atoms with van der Waals surface area (Å²) in [5, 5.41) is 2.74. The first-order valence-corrected chi connectivity index (χ1v) is 7.11. The molecule has 3 rings (SSSR count). The van der Waals surface area contributed by atoms with E-state index in [1.54, 1.807) is 25.1 Å².